The maximum atomic E-state index is 12.0. The van der Waals surface area contributed by atoms with Crippen LogP contribution in [0.5, 0.6) is 0 Å². The van der Waals surface area contributed by atoms with Gasteiger partial charge in [0, 0.05) is 18.7 Å². The first kappa shape index (κ1) is 17.4. The molecule has 3 N–H and O–H groups in total. The van der Waals surface area contributed by atoms with Crippen LogP contribution in [-0.4, -0.2) is 35.7 Å². The first-order valence-electron chi connectivity index (χ1n) is 7.09. The number of hydrogen-bond acceptors (Lipinski definition) is 3. The molecule has 0 bridgehead atoms. The maximum Gasteiger partial charge on any atom is 0.237 e. The van der Waals surface area contributed by atoms with Crippen molar-refractivity contribution in [2.45, 2.75) is 72.0 Å². The van der Waals surface area contributed by atoms with Gasteiger partial charge in [-0.1, -0.05) is 27.2 Å². The molecule has 0 aliphatic carbocycles. The second kappa shape index (κ2) is 9.34. The lowest BCUT2D eigenvalue weighted by Gasteiger charge is -2.26. The van der Waals surface area contributed by atoms with Crippen LogP contribution in [0.1, 0.15) is 53.9 Å². The molecule has 0 aliphatic heterocycles. The van der Waals surface area contributed by atoms with E-state index in [2.05, 4.69) is 31.4 Å². The first-order chi connectivity index (χ1) is 8.42. The van der Waals surface area contributed by atoms with Crippen molar-refractivity contribution in [1.82, 2.24) is 10.6 Å². The third kappa shape index (κ3) is 6.97. The molecule has 0 heterocycles. The average molecular weight is 258 g/mol. The molecule has 1 amide bonds. The molecular weight excluding hydrogens is 228 g/mol. The van der Waals surface area contributed by atoms with Crippen LogP contribution in [0, 0.1) is 5.92 Å². The monoisotopic (exact) mass is 258 g/mol. The molecule has 3 unspecified atom stereocenters. The van der Waals surface area contributed by atoms with Crippen LogP contribution in [0.2, 0.25) is 0 Å². The fourth-order valence-corrected chi connectivity index (χ4v) is 2.02. The van der Waals surface area contributed by atoms with E-state index < -0.39 is 0 Å². The van der Waals surface area contributed by atoms with E-state index in [0.717, 1.165) is 12.8 Å². The molecule has 4 nitrogen and oxygen atoms in total. The van der Waals surface area contributed by atoms with E-state index in [0.29, 0.717) is 12.3 Å². The molecule has 0 aromatic rings. The molecule has 0 aromatic heterocycles. The van der Waals surface area contributed by atoms with Gasteiger partial charge in [-0.2, -0.15) is 0 Å². The zero-order valence-electron chi connectivity index (χ0n) is 12.5. The summed E-state index contributed by atoms with van der Waals surface area (Å²) in [4.78, 5) is 12.0. The van der Waals surface area contributed by atoms with E-state index in [-0.39, 0.29) is 30.6 Å². The zero-order valence-corrected chi connectivity index (χ0v) is 12.5. The van der Waals surface area contributed by atoms with Crippen molar-refractivity contribution >= 4 is 5.91 Å². The number of rotatable bonds is 9. The van der Waals surface area contributed by atoms with E-state index in [1.54, 1.807) is 0 Å². The van der Waals surface area contributed by atoms with E-state index in [4.69, 9.17) is 5.11 Å². The Balaban J connectivity index is 4.19. The number of aliphatic hydroxyl groups is 1. The second-order valence-electron chi connectivity index (χ2n) is 5.45. The smallest absolute Gasteiger partial charge is 0.237 e. The third-order valence-electron chi connectivity index (χ3n) is 3.21. The van der Waals surface area contributed by atoms with Crippen molar-refractivity contribution in [2.75, 3.05) is 6.61 Å². The van der Waals surface area contributed by atoms with Crippen molar-refractivity contribution in [3.05, 3.63) is 0 Å². The Morgan fingerprint density at radius 2 is 1.78 bits per heavy atom. The number of carbonyl (C=O) groups excluding carboxylic acids is 1. The van der Waals surface area contributed by atoms with E-state index in [1.807, 2.05) is 13.8 Å². The maximum absolute atomic E-state index is 12.0. The van der Waals surface area contributed by atoms with Gasteiger partial charge in [-0.3, -0.25) is 4.79 Å². The van der Waals surface area contributed by atoms with Gasteiger partial charge in [0.15, 0.2) is 0 Å². The normalized spacial score (nSPS) is 16.4. The molecule has 0 aromatic carbocycles. The highest BCUT2D eigenvalue weighted by Crippen LogP contribution is 2.07. The highest BCUT2D eigenvalue weighted by atomic mass is 16.3. The molecule has 3 atom stereocenters. The summed E-state index contributed by atoms with van der Waals surface area (Å²) in [6, 6.07) is 0.183. The van der Waals surface area contributed by atoms with Gasteiger partial charge >= 0.3 is 0 Å². The van der Waals surface area contributed by atoms with Crippen LogP contribution < -0.4 is 10.6 Å². The highest BCUT2D eigenvalue weighted by molar-refractivity contribution is 5.81. The topological polar surface area (TPSA) is 61.4 Å². The van der Waals surface area contributed by atoms with Crippen molar-refractivity contribution < 1.29 is 9.90 Å². The predicted octanol–water partition coefficient (Wildman–Crippen LogP) is 1.68. The number of carbonyl (C=O) groups is 1. The molecule has 108 valence electrons. The van der Waals surface area contributed by atoms with Gasteiger partial charge in [-0.05, 0) is 32.6 Å². The molecule has 18 heavy (non-hydrogen) atoms. The number of amides is 1. The van der Waals surface area contributed by atoms with Crippen LogP contribution in [0.15, 0.2) is 0 Å². The van der Waals surface area contributed by atoms with Crippen LogP contribution in [0.3, 0.4) is 0 Å². The summed E-state index contributed by atoms with van der Waals surface area (Å²) < 4.78 is 0. The third-order valence-corrected chi connectivity index (χ3v) is 3.21. The van der Waals surface area contributed by atoms with Gasteiger partial charge in [0.1, 0.15) is 0 Å². The lowest BCUT2D eigenvalue weighted by atomic mass is 10.0. The van der Waals surface area contributed by atoms with Gasteiger partial charge in [0.05, 0.1) is 6.04 Å². The number of hydrogen-bond donors (Lipinski definition) is 3. The molecule has 0 saturated carbocycles. The van der Waals surface area contributed by atoms with E-state index in [1.165, 1.54) is 0 Å². The van der Waals surface area contributed by atoms with Crippen LogP contribution in [0.4, 0.5) is 0 Å². The minimum absolute atomic E-state index is 0.0412. The molecule has 0 saturated heterocycles. The Bertz CT molecular complexity index is 232. The average Bonchev–Trinajstić information content (AvgIpc) is 2.28. The Hall–Kier alpha value is -0.610. The molecule has 0 fully saturated rings. The first-order valence-corrected chi connectivity index (χ1v) is 7.09. The molecule has 0 aliphatic rings. The minimum atomic E-state index is -0.219. The number of aliphatic hydroxyl groups excluding tert-OH is 1. The van der Waals surface area contributed by atoms with Gasteiger partial charge in [-0.15, -0.1) is 0 Å². The summed E-state index contributed by atoms with van der Waals surface area (Å²) in [5.74, 6) is 0.444. The summed E-state index contributed by atoms with van der Waals surface area (Å²) in [5.41, 5.74) is 0. The van der Waals surface area contributed by atoms with Crippen molar-refractivity contribution in [3.63, 3.8) is 0 Å². The van der Waals surface area contributed by atoms with Gasteiger partial charge < -0.3 is 15.7 Å². The largest absolute Gasteiger partial charge is 0.396 e. The summed E-state index contributed by atoms with van der Waals surface area (Å²) in [6.07, 6.45) is 2.75. The Labute approximate surface area is 112 Å². The van der Waals surface area contributed by atoms with Gasteiger partial charge in [0.2, 0.25) is 5.91 Å². The SMILES string of the molecule is CCCC(C)NC(=O)C(C)NC(CCO)C(C)C. The second-order valence-corrected chi connectivity index (χ2v) is 5.45. The Morgan fingerprint density at radius 3 is 2.22 bits per heavy atom. The molecule has 0 radical (unpaired) electrons. The van der Waals surface area contributed by atoms with Crippen molar-refractivity contribution in [2.24, 2.45) is 5.92 Å². The summed E-state index contributed by atoms with van der Waals surface area (Å²) in [6.45, 7) is 10.4. The number of nitrogens with one attached hydrogen (secondary N) is 2. The lowest BCUT2D eigenvalue weighted by molar-refractivity contribution is -0.123. The predicted molar refractivity (Wildman–Crippen MR) is 75.4 cm³/mol. The van der Waals surface area contributed by atoms with E-state index in [9.17, 15) is 4.79 Å². The van der Waals surface area contributed by atoms with Crippen LogP contribution in [-0.2, 0) is 4.79 Å². The van der Waals surface area contributed by atoms with Crippen LogP contribution in [0.25, 0.3) is 0 Å². The molecule has 0 rings (SSSR count). The zero-order chi connectivity index (χ0) is 14.1. The fraction of sp³-hybridized carbons (Fsp3) is 0.929. The minimum Gasteiger partial charge on any atom is -0.396 e. The van der Waals surface area contributed by atoms with Crippen molar-refractivity contribution in [3.8, 4) is 0 Å². The summed E-state index contributed by atoms with van der Waals surface area (Å²) >= 11 is 0. The summed E-state index contributed by atoms with van der Waals surface area (Å²) in [5, 5.41) is 15.3. The summed E-state index contributed by atoms with van der Waals surface area (Å²) in [7, 11) is 0. The molecular formula is C14H30N2O2. The van der Waals surface area contributed by atoms with Crippen LogP contribution >= 0.6 is 0 Å². The van der Waals surface area contributed by atoms with E-state index >= 15 is 0 Å². The standard InChI is InChI=1S/C14H30N2O2/c1-6-7-11(4)15-14(18)12(5)16-13(8-9-17)10(2)3/h10-13,16-17H,6-9H2,1-5H3,(H,15,18). The van der Waals surface area contributed by atoms with Gasteiger partial charge in [-0.25, -0.2) is 0 Å². The quantitative estimate of drug-likeness (QED) is 0.589. The molecule has 0 spiro atoms. The Kier molecular flexibility index (Phi) is 9.02. The van der Waals surface area contributed by atoms with Crippen molar-refractivity contribution in [1.29, 1.82) is 0 Å². The Morgan fingerprint density at radius 1 is 1.17 bits per heavy atom. The van der Waals surface area contributed by atoms with Gasteiger partial charge in [0.25, 0.3) is 0 Å². The highest BCUT2D eigenvalue weighted by Gasteiger charge is 2.20. The fourth-order valence-electron chi connectivity index (χ4n) is 2.02. The molecule has 4 heteroatoms. The lowest BCUT2D eigenvalue weighted by Crippen LogP contribution is -2.50.